The van der Waals surface area contributed by atoms with Crippen molar-refractivity contribution in [1.29, 1.82) is 0 Å². The van der Waals surface area contributed by atoms with E-state index in [0.717, 1.165) is 22.4 Å². The van der Waals surface area contributed by atoms with Crippen molar-refractivity contribution in [1.82, 2.24) is 9.55 Å². The van der Waals surface area contributed by atoms with Gasteiger partial charge in [-0.3, -0.25) is 0 Å². The van der Waals surface area contributed by atoms with Crippen LogP contribution in [0.2, 0.25) is 0 Å². The third-order valence-corrected chi connectivity index (χ3v) is 4.52. The van der Waals surface area contributed by atoms with Crippen molar-refractivity contribution in [3.63, 3.8) is 0 Å². The molecule has 0 saturated heterocycles. The number of benzene rings is 2. The molecule has 2 nitrogen and oxygen atoms in total. The van der Waals surface area contributed by atoms with Crippen molar-refractivity contribution in [3.05, 3.63) is 53.0 Å². The first-order chi connectivity index (χ1) is 10.8. The predicted octanol–water partition coefficient (Wildman–Crippen LogP) is 6.05. The van der Waals surface area contributed by atoms with E-state index in [0.29, 0.717) is 0 Å². The van der Waals surface area contributed by atoms with Crippen LogP contribution in [0.5, 0.6) is 0 Å². The average Bonchev–Trinajstić information content (AvgIpc) is 2.91. The van der Waals surface area contributed by atoms with Crippen LogP contribution in [0.3, 0.4) is 0 Å². The minimum absolute atomic E-state index is 1.03. The lowest BCUT2D eigenvalue weighted by molar-refractivity contribution is 0.594. The Balaban J connectivity index is 1.98. The normalized spacial score (nSPS) is 11.2. The smallest absolute Gasteiger partial charge is 0.141 e. The lowest BCUT2D eigenvalue weighted by atomic mass is 10.2. The maximum Gasteiger partial charge on any atom is 0.141 e. The van der Waals surface area contributed by atoms with Gasteiger partial charge in [-0.1, -0.05) is 66.4 Å². The molecular weight excluding hydrogens is 336 g/mol. The molecule has 0 radical (unpaired) electrons. The average molecular weight is 357 g/mol. The Morgan fingerprint density at radius 1 is 0.955 bits per heavy atom. The first kappa shape index (κ1) is 15.3. The third kappa shape index (κ3) is 3.25. The van der Waals surface area contributed by atoms with Gasteiger partial charge in [0.1, 0.15) is 5.82 Å². The van der Waals surface area contributed by atoms with Crippen LogP contribution in [-0.4, -0.2) is 9.55 Å². The molecular formula is C19H21BrN2. The molecule has 3 aromatic rings. The summed E-state index contributed by atoms with van der Waals surface area (Å²) in [7, 11) is 0. The molecule has 1 aromatic heterocycles. The van der Waals surface area contributed by atoms with E-state index >= 15 is 0 Å². The number of aryl methyl sites for hydroxylation is 1. The van der Waals surface area contributed by atoms with Crippen LogP contribution in [0, 0.1) is 0 Å². The number of imidazole rings is 1. The van der Waals surface area contributed by atoms with Crippen molar-refractivity contribution in [2.45, 2.75) is 39.2 Å². The van der Waals surface area contributed by atoms with E-state index < -0.39 is 0 Å². The molecule has 0 bridgehead atoms. The summed E-state index contributed by atoms with van der Waals surface area (Å²) >= 11 is 3.50. The number of unbranched alkanes of at least 4 members (excludes halogenated alkanes) is 3. The number of halogens is 1. The SMILES string of the molecule is CCCCCCn1c(-c2ccc(Br)cc2)nc2ccccc21. The predicted molar refractivity (Wildman–Crippen MR) is 97.0 cm³/mol. The van der Waals surface area contributed by atoms with Gasteiger partial charge >= 0.3 is 0 Å². The van der Waals surface area contributed by atoms with Gasteiger partial charge in [-0.25, -0.2) is 4.98 Å². The molecule has 0 amide bonds. The Morgan fingerprint density at radius 2 is 1.73 bits per heavy atom. The van der Waals surface area contributed by atoms with E-state index in [1.807, 2.05) is 0 Å². The summed E-state index contributed by atoms with van der Waals surface area (Å²) in [5.41, 5.74) is 3.49. The second kappa shape index (κ2) is 7.10. The minimum atomic E-state index is 1.03. The van der Waals surface area contributed by atoms with Crippen LogP contribution in [0.15, 0.2) is 53.0 Å². The molecule has 3 rings (SSSR count). The molecule has 0 N–H and O–H groups in total. The fourth-order valence-electron chi connectivity index (χ4n) is 2.82. The van der Waals surface area contributed by atoms with E-state index in [9.17, 15) is 0 Å². The van der Waals surface area contributed by atoms with Crippen LogP contribution in [0.1, 0.15) is 32.6 Å². The van der Waals surface area contributed by atoms with Gasteiger partial charge in [0.25, 0.3) is 0 Å². The van der Waals surface area contributed by atoms with Gasteiger partial charge in [0.15, 0.2) is 0 Å². The Hall–Kier alpha value is -1.61. The van der Waals surface area contributed by atoms with Gasteiger partial charge in [0, 0.05) is 16.6 Å². The molecule has 0 atom stereocenters. The highest BCUT2D eigenvalue weighted by atomic mass is 79.9. The van der Waals surface area contributed by atoms with E-state index in [-0.39, 0.29) is 0 Å². The van der Waals surface area contributed by atoms with Crippen LogP contribution in [-0.2, 0) is 6.54 Å². The highest BCUT2D eigenvalue weighted by Gasteiger charge is 2.11. The highest BCUT2D eigenvalue weighted by Crippen LogP contribution is 2.26. The molecule has 3 heteroatoms. The van der Waals surface area contributed by atoms with Gasteiger partial charge in [-0.05, 0) is 30.7 Å². The number of fused-ring (bicyclic) bond motifs is 1. The Labute approximate surface area is 140 Å². The number of para-hydroxylation sites is 2. The highest BCUT2D eigenvalue weighted by molar-refractivity contribution is 9.10. The van der Waals surface area contributed by atoms with Gasteiger partial charge in [-0.15, -0.1) is 0 Å². The zero-order valence-electron chi connectivity index (χ0n) is 12.9. The Morgan fingerprint density at radius 3 is 2.50 bits per heavy atom. The summed E-state index contributed by atoms with van der Waals surface area (Å²) in [4.78, 5) is 4.86. The summed E-state index contributed by atoms with van der Waals surface area (Å²) in [5.74, 6) is 1.07. The Kier molecular flexibility index (Phi) is 4.94. The van der Waals surface area contributed by atoms with Crippen LogP contribution in [0.25, 0.3) is 22.4 Å². The number of hydrogen-bond donors (Lipinski definition) is 0. The number of aromatic nitrogens is 2. The van der Waals surface area contributed by atoms with E-state index in [1.165, 1.54) is 36.8 Å². The summed E-state index contributed by atoms with van der Waals surface area (Å²) < 4.78 is 3.47. The molecule has 0 spiro atoms. The van der Waals surface area contributed by atoms with Crippen molar-refractivity contribution in [2.75, 3.05) is 0 Å². The van der Waals surface area contributed by atoms with Gasteiger partial charge in [-0.2, -0.15) is 0 Å². The first-order valence-electron chi connectivity index (χ1n) is 8.01. The second-order valence-corrected chi connectivity index (χ2v) is 6.56. The molecule has 114 valence electrons. The van der Waals surface area contributed by atoms with Crippen molar-refractivity contribution >= 4 is 27.0 Å². The van der Waals surface area contributed by atoms with Gasteiger partial charge < -0.3 is 4.57 Å². The standard InChI is InChI=1S/C19H21BrN2/c1-2-3-4-7-14-22-18-9-6-5-8-17(18)21-19(22)15-10-12-16(20)13-11-15/h5-6,8-13H,2-4,7,14H2,1H3. The molecule has 0 fully saturated rings. The molecule has 0 aliphatic carbocycles. The second-order valence-electron chi connectivity index (χ2n) is 5.64. The summed E-state index contributed by atoms with van der Waals surface area (Å²) in [6, 6.07) is 16.8. The lowest BCUT2D eigenvalue weighted by Gasteiger charge is -2.09. The fraction of sp³-hybridized carbons (Fsp3) is 0.316. The molecule has 0 unspecified atom stereocenters. The van der Waals surface area contributed by atoms with Crippen LogP contribution < -0.4 is 0 Å². The lowest BCUT2D eigenvalue weighted by Crippen LogP contribution is -2.01. The van der Waals surface area contributed by atoms with E-state index in [2.05, 4.69) is 76.0 Å². The van der Waals surface area contributed by atoms with Crippen molar-refractivity contribution in [2.24, 2.45) is 0 Å². The zero-order chi connectivity index (χ0) is 15.4. The molecule has 2 aromatic carbocycles. The molecule has 22 heavy (non-hydrogen) atoms. The molecule has 0 saturated carbocycles. The minimum Gasteiger partial charge on any atom is -0.324 e. The molecule has 0 aliphatic rings. The summed E-state index contributed by atoms with van der Waals surface area (Å²) in [5, 5.41) is 0. The Bertz CT molecular complexity index is 744. The monoisotopic (exact) mass is 356 g/mol. The molecule has 1 heterocycles. The maximum atomic E-state index is 4.86. The van der Waals surface area contributed by atoms with Gasteiger partial charge in [0.2, 0.25) is 0 Å². The summed E-state index contributed by atoms with van der Waals surface area (Å²) in [6.07, 6.45) is 5.06. The topological polar surface area (TPSA) is 17.8 Å². The zero-order valence-corrected chi connectivity index (χ0v) is 14.5. The van der Waals surface area contributed by atoms with E-state index in [1.54, 1.807) is 0 Å². The van der Waals surface area contributed by atoms with Crippen molar-refractivity contribution in [3.8, 4) is 11.4 Å². The summed E-state index contributed by atoms with van der Waals surface area (Å²) in [6.45, 7) is 3.28. The first-order valence-corrected chi connectivity index (χ1v) is 8.80. The molecule has 0 aliphatic heterocycles. The van der Waals surface area contributed by atoms with Gasteiger partial charge in [0.05, 0.1) is 11.0 Å². The largest absolute Gasteiger partial charge is 0.324 e. The van der Waals surface area contributed by atoms with Crippen LogP contribution in [0.4, 0.5) is 0 Å². The maximum absolute atomic E-state index is 4.86. The third-order valence-electron chi connectivity index (χ3n) is 3.99. The quantitative estimate of drug-likeness (QED) is 0.491. The van der Waals surface area contributed by atoms with Crippen LogP contribution >= 0.6 is 15.9 Å². The fourth-order valence-corrected chi connectivity index (χ4v) is 3.08. The van der Waals surface area contributed by atoms with E-state index in [4.69, 9.17) is 4.98 Å². The number of nitrogens with zero attached hydrogens (tertiary/aromatic N) is 2. The number of rotatable bonds is 6. The number of hydrogen-bond acceptors (Lipinski definition) is 1. The van der Waals surface area contributed by atoms with Crippen molar-refractivity contribution < 1.29 is 0 Å².